The molecule has 1 aromatic carbocycles. The Labute approximate surface area is 131 Å². The maximum atomic E-state index is 12.1. The number of carbonyl (C=O) groups excluding carboxylic acids is 1. The van der Waals surface area contributed by atoms with Gasteiger partial charge >= 0.3 is 0 Å². The van der Waals surface area contributed by atoms with Crippen LogP contribution in [0.1, 0.15) is 49.7 Å². The van der Waals surface area contributed by atoms with Gasteiger partial charge in [-0.05, 0) is 66.7 Å². The van der Waals surface area contributed by atoms with E-state index in [2.05, 4.69) is 25.1 Å². The molecule has 1 N–H and O–H groups in total. The van der Waals surface area contributed by atoms with Gasteiger partial charge in [0, 0.05) is 11.8 Å². The number of Topliss-reactive ketones (excluding diaryl/α,β-unsaturated/α-hetero) is 1. The zero-order valence-corrected chi connectivity index (χ0v) is 13.3. The van der Waals surface area contributed by atoms with E-state index >= 15 is 0 Å². The zero-order valence-electron chi connectivity index (χ0n) is 13.3. The average molecular weight is 300 g/mol. The summed E-state index contributed by atoms with van der Waals surface area (Å²) in [6, 6.07) is 6.46. The number of ether oxygens (including phenoxy) is 1. The monoisotopic (exact) mass is 300 g/mol. The fourth-order valence-electron chi connectivity index (χ4n) is 5.45. The Morgan fingerprint density at radius 1 is 1.32 bits per heavy atom. The molecule has 0 aliphatic heterocycles. The number of aryl methyl sites for hydroxylation is 1. The van der Waals surface area contributed by atoms with Gasteiger partial charge in [0.15, 0.2) is 5.78 Å². The molecule has 3 heteroatoms. The van der Waals surface area contributed by atoms with Crippen LogP contribution in [0.5, 0.6) is 5.75 Å². The van der Waals surface area contributed by atoms with Crippen molar-refractivity contribution in [2.24, 2.45) is 17.3 Å². The van der Waals surface area contributed by atoms with Crippen LogP contribution >= 0.6 is 0 Å². The first kappa shape index (κ1) is 14.3. The number of aliphatic hydroxyl groups is 1. The van der Waals surface area contributed by atoms with E-state index < -0.39 is 6.10 Å². The number of carbonyl (C=O) groups is 1. The predicted octanol–water partition coefficient (Wildman–Crippen LogP) is 3.09. The smallest absolute Gasteiger partial charge is 0.162 e. The standard InChI is InChI=1S/C19H24O3/c1-19-8-7-14-13-6-4-12(22-2)9-11(13)3-5-15(14)16(19)10-17(20)18(19)21/h4,6,9,14-16,18,21H,3,5,7-8,10H2,1-2H3. The molecule has 118 valence electrons. The van der Waals surface area contributed by atoms with Gasteiger partial charge in [0.1, 0.15) is 11.9 Å². The number of methoxy groups -OCH3 is 1. The zero-order chi connectivity index (χ0) is 15.5. The van der Waals surface area contributed by atoms with Gasteiger partial charge < -0.3 is 9.84 Å². The van der Waals surface area contributed by atoms with Crippen LogP contribution in [-0.2, 0) is 11.2 Å². The van der Waals surface area contributed by atoms with E-state index in [0.717, 1.165) is 31.4 Å². The minimum absolute atomic E-state index is 0.0636. The Morgan fingerprint density at radius 3 is 2.91 bits per heavy atom. The SMILES string of the molecule is COc1ccc2c(c1)CCC1C2CCC2(C)C(O)C(=O)CC12. The first-order valence-corrected chi connectivity index (χ1v) is 8.42. The fraction of sp³-hybridized carbons (Fsp3) is 0.632. The van der Waals surface area contributed by atoms with Gasteiger partial charge in [-0.2, -0.15) is 0 Å². The van der Waals surface area contributed by atoms with Crippen molar-refractivity contribution >= 4 is 5.78 Å². The summed E-state index contributed by atoms with van der Waals surface area (Å²) in [4.78, 5) is 12.1. The number of aliphatic hydroxyl groups excluding tert-OH is 1. The van der Waals surface area contributed by atoms with E-state index in [9.17, 15) is 9.90 Å². The summed E-state index contributed by atoms with van der Waals surface area (Å²) < 4.78 is 5.35. The van der Waals surface area contributed by atoms with Gasteiger partial charge in [0.25, 0.3) is 0 Å². The number of ketones is 1. The maximum absolute atomic E-state index is 12.1. The van der Waals surface area contributed by atoms with Gasteiger partial charge in [0.05, 0.1) is 7.11 Å². The molecule has 0 radical (unpaired) electrons. The summed E-state index contributed by atoms with van der Waals surface area (Å²) in [7, 11) is 1.71. The van der Waals surface area contributed by atoms with E-state index in [1.807, 2.05) is 0 Å². The minimum Gasteiger partial charge on any atom is -0.497 e. The normalized spacial score (nSPS) is 39.9. The molecule has 0 amide bonds. The first-order chi connectivity index (χ1) is 10.5. The highest BCUT2D eigenvalue weighted by atomic mass is 16.5. The molecule has 3 aliphatic carbocycles. The van der Waals surface area contributed by atoms with Crippen molar-refractivity contribution < 1.29 is 14.6 Å². The molecule has 0 saturated heterocycles. The fourth-order valence-corrected chi connectivity index (χ4v) is 5.45. The van der Waals surface area contributed by atoms with Crippen molar-refractivity contribution in [1.82, 2.24) is 0 Å². The van der Waals surface area contributed by atoms with Crippen LogP contribution in [-0.4, -0.2) is 24.1 Å². The van der Waals surface area contributed by atoms with Gasteiger partial charge in [-0.3, -0.25) is 4.79 Å². The number of benzene rings is 1. The Morgan fingerprint density at radius 2 is 2.14 bits per heavy atom. The molecule has 0 aromatic heterocycles. The van der Waals surface area contributed by atoms with Crippen LogP contribution in [0, 0.1) is 17.3 Å². The van der Waals surface area contributed by atoms with Crippen LogP contribution in [0.2, 0.25) is 0 Å². The highest BCUT2D eigenvalue weighted by molar-refractivity contribution is 5.86. The Bertz CT molecular complexity index is 623. The molecule has 22 heavy (non-hydrogen) atoms. The molecule has 2 fully saturated rings. The Hall–Kier alpha value is -1.35. The Balaban J connectivity index is 1.70. The predicted molar refractivity (Wildman–Crippen MR) is 84.0 cm³/mol. The van der Waals surface area contributed by atoms with Gasteiger partial charge in [-0.15, -0.1) is 0 Å². The quantitative estimate of drug-likeness (QED) is 0.867. The highest BCUT2D eigenvalue weighted by Crippen LogP contribution is 2.60. The lowest BCUT2D eigenvalue weighted by Gasteiger charge is -2.49. The van der Waals surface area contributed by atoms with E-state index in [-0.39, 0.29) is 11.2 Å². The van der Waals surface area contributed by atoms with Crippen molar-refractivity contribution in [3.63, 3.8) is 0 Å². The molecule has 3 nitrogen and oxygen atoms in total. The van der Waals surface area contributed by atoms with Gasteiger partial charge in [-0.25, -0.2) is 0 Å². The van der Waals surface area contributed by atoms with Crippen LogP contribution in [0.3, 0.4) is 0 Å². The molecule has 0 spiro atoms. The lowest BCUT2D eigenvalue weighted by molar-refractivity contribution is -0.128. The molecule has 0 heterocycles. The number of hydrogen-bond donors (Lipinski definition) is 1. The summed E-state index contributed by atoms with van der Waals surface area (Å²) in [6.45, 7) is 2.13. The van der Waals surface area contributed by atoms with E-state index in [0.29, 0.717) is 24.2 Å². The summed E-state index contributed by atoms with van der Waals surface area (Å²) in [5.74, 6) is 2.44. The molecular formula is C19H24O3. The minimum atomic E-state index is -0.740. The van der Waals surface area contributed by atoms with Crippen molar-refractivity contribution in [2.75, 3.05) is 7.11 Å². The summed E-state index contributed by atoms with van der Waals surface area (Å²) in [5.41, 5.74) is 2.67. The summed E-state index contributed by atoms with van der Waals surface area (Å²) >= 11 is 0. The van der Waals surface area contributed by atoms with E-state index in [1.165, 1.54) is 11.1 Å². The lowest BCUT2D eigenvalue weighted by Crippen LogP contribution is -2.44. The lowest BCUT2D eigenvalue weighted by atomic mass is 9.55. The van der Waals surface area contributed by atoms with E-state index in [1.54, 1.807) is 7.11 Å². The third-order valence-electron chi connectivity index (χ3n) is 6.72. The molecular weight excluding hydrogens is 276 g/mol. The van der Waals surface area contributed by atoms with Crippen LogP contribution < -0.4 is 4.74 Å². The van der Waals surface area contributed by atoms with Crippen molar-refractivity contribution in [1.29, 1.82) is 0 Å². The van der Waals surface area contributed by atoms with Crippen molar-refractivity contribution in [3.8, 4) is 5.75 Å². The molecule has 0 bridgehead atoms. The van der Waals surface area contributed by atoms with Crippen LogP contribution in [0.15, 0.2) is 18.2 Å². The second kappa shape index (κ2) is 4.82. The molecule has 3 aliphatic rings. The number of fused-ring (bicyclic) bond motifs is 5. The van der Waals surface area contributed by atoms with E-state index in [4.69, 9.17) is 4.74 Å². The third kappa shape index (κ3) is 1.81. The van der Waals surface area contributed by atoms with Crippen molar-refractivity contribution in [3.05, 3.63) is 29.3 Å². The molecule has 4 rings (SSSR count). The van der Waals surface area contributed by atoms with Crippen LogP contribution in [0.4, 0.5) is 0 Å². The van der Waals surface area contributed by atoms with Crippen LogP contribution in [0.25, 0.3) is 0 Å². The number of hydrogen-bond acceptors (Lipinski definition) is 3. The van der Waals surface area contributed by atoms with Gasteiger partial charge in [-0.1, -0.05) is 13.0 Å². The molecule has 1 aromatic rings. The summed E-state index contributed by atoms with van der Waals surface area (Å²) in [5, 5.41) is 10.3. The van der Waals surface area contributed by atoms with Crippen molar-refractivity contribution in [2.45, 2.75) is 51.0 Å². The largest absolute Gasteiger partial charge is 0.497 e. The van der Waals surface area contributed by atoms with Gasteiger partial charge in [0.2, 0.25) is 0 Å². The molecule has 2 saturated carbocycles. The third-order valence-corrected chi connectivity index (χ3v) is 6.72. The topological polar surface area (TPSA) is 46.5 Å². The second-order valence-electron chi connectivity index (χ2n) is 7.60. The Kier molecular flexibility index (Phi) is 3.12. The highest BCUT2D eigenvalue weighted by Gasteiger charge is 2.57. The maximum Gasteiger partial charge on any atom is 0.162 e. The molecule has 5 atom stereocenters. The molecule has 5 unspecified atom stereocenters. The number of rotatable bonds is 1. The first-order valence-electron chi connectivity index (χ1n) is 8.42. The average Bonchev–Trinajstić information content (AvgIpc) is 2.77. The summed E-state index contributed by atoms with van der Waals surface area (Å²) in [6.07, 6.45) is 4.06. The second-order valence-corrected chi connectivity index (χ2v) is 7.60.